The third kappa shape index (κ3) is 4.43. The average Bonchev–Trinajstić information content (AvgIpc) is 2.87. The number of aromatic nitrogens is 2. The summed E-state index contributed by atoms with van der Waals surface area (Å²) in [7, 11) is 2.98. The molecule has 0 atom stereocenters. The number of nitro benzene ring substituents is 1. The predicted octanol–water partition coefficient (Wildman–Crippen LogP) is 5.30. The fourth-order valence-corrected chi connectivity index (χ4v) is 4.10. The van der Waals surface area contributed by atoms with Gasteiger partial charge in [0, 0.05) is 17.2 Å². The summed E-state index contributed by atoms with van der Waals surface area (Å²) in [6, 6.07) is 15.4. The molecule has 0 radical (unpaired) electrons. The van der Waals surface area contributed by atoms with Gasteiger partial charge in [-0.1, -0.05) is 32.0 Å². The van der Waals surface area contributed by atoms with E-state index in [0.29, 0.717) is 22.3 Å². The molecule has 1 heterocycles. The van der Waals surface area contributed by atoms with E-state index in [4.69, 9.17) is 14.5 Å². The monoisotopic (exact) mass is 486 g/mol. The van der Waals surface area contributed by atoms with Gasteiger partial charge in [-0.3, -0.25) is 14.9 Å². The van der Waals surface area contributed by atoms with Gasteiger partial charge < -0.3 is 9.47 Å². The van der Waals surface area contributed by atoms with Crippen LogP contribution in [0.3, 0.4) is 0 Å². The molecule has 36 heavy (non-hydrogen) atoms. The van der Waals surface area contributed by atoms with Crippen LogP contribution in [0.2, 0.25) is 0 Å². The predicted molar refractivity (Wildman–Crippen MR) is 139 cm³/mol. The quantitative estimate of drug-likeness (QED) is 0.199. The Kier molecular flexibility index (Phi) is 6.82. The van der Waals surface area contributed by atoms with Crippen molar-refractivity contribution in [3.05, 3.63) is 91.8 Å². The van der Waals surface area contributed by atoms with Gasteiger partial charge in [-0.15, -0.1) is 0 Å². The Bertz CT molecular complexity index is 1560. The number of benzene rings is 3. The lowest BCUT2D eigenvalue weighted by molar-refractivity contribution is -0.385. The minimum Gasteiger partial charge on any atom is -0.496 e. The van der Waals surface area contributed by atoms with Crippen LogP contribution >= 0.6 is 0 Å². The Morgan fingerprint density at radius 2 is 1.83 bits per heavy atom. The van der Waals surface area contributed by atoms with Crippen LogP contribution < -0.4 is 15.0 Å². The van der Waals surface area contributed by atoms with Crippen LogP contribution in [0.5, 0.6) is 11.5 Å². The first kappa shape index (κ1) is 24.6. The van der Waals surface area contributed by atoms with Crippen LogP contribution in [-0.2, 0) is 0 Å². The molecule has 3 aromatic carbocycles. The maximum absolute atomic E-state index is 13.6. The van der Waals surface area contributed by atoms with Gasteiger partial charge in [0.2, 0.25) is 5.75 Å². The van der Waals surface area contributed by atoms with Crippen molar-refractivity contribution >= 4 is 22.8 Å². The summed E-state index contributed by atoms with van der Waals surface area (Å²) in [5.74, 6) is 1.32. The van der Waals surface area contributed by atoms with E-state index >= 15 is 0 Å². The van der Waals surface area contributed by atoms with Crippen molar-refractivity contribution in [1.82, 2.24) is 9.66 Å². The van der Waals surface area contributed by atoms with Crippen molar-refractivity contribution in [3.63, 3.8) is 0 Å². The number of hydrogen-bond acceptors (Lipinski definition) is 7. The number of ether oxygens (including phenoxy) is 2. The van der Waals surface area contributed by atoms with Crippen LogP contribution in [0.15, 0.2) is 64.5 Å². The number of fused-ring (bicyclic) bond motifs is 1. The Hall–Kier alpha value is -4.53. The summed E-state index contributed by atoms with van der Waals surface area (Å²) in [6.45, 7) is 6.04. The summed E-state index contributed by atoms with van der Waals surface area (Å²) in [6.07, 6.45) is 1.37. The minimum absolute atomic E-state index is 0.0531. The fourth-order valence-electron chi connectivity index (χ4n) is 4.10. The van der Waals surface area contributed by atoms with E-state index < -0.39 is 4.92 Å². The lowest BCUT2D eigenvalue weighted by atomic mass is 9.96. The standard InChI is InChI=1S/C27H26N4O5/c1-16(2)20-14-21(17(3)13-24(20)35-4)26-29-22-11-7-6-10-19(22)27(32)30(26)28-15-18-9-8-12-23(31(33)34)25(18)36-5/h6-16H,1-5H3. The van der Waals surface area contributed by atoms with Crippen LogP contribution in [0.4, 0.5) is 5.69 Å². The zero-order valence-corrected chi connectivity index (χ0v) is 20.7. The van der Waals surface area contributed by atoms with Gasteiger partial charge in [-0.25, -0.2) is 4.98 Å². The van der Waals surface area contributed by atoms with E-state index in [1.54, 1.807) is 31.4 Å². The van der Waals surface area contributed by atoms with E-state index in [9.17, 15) is 14.9 Å². The van der Waals surface area contributed by atoms with Gasteiger partial charge in [0.15, 0.2) is 5.82 Å². The van der Waals surface area contributed by atoms with Gasteiger partial charge in [-0.2, -0.15) is 9.78 Å². The summed E-state index contributed by atoms with van der Waals surface area (Å²) >= 11 is 0. The van der Waals surface area contributed by atoms with E-state index in [0.717, 1.165) is 22.4 Å². The molecule has 0 unspecified atom stereocenters. The van der Waals surface area contributed by atoms with Crippen molar-refractivity contribution in [2.75, 3.05) is 14.2 Å². The molecule has 0 aliphatic rings. The molecule has 0 aliphatic carbocycles. The molecule has 0 aliphatic heterocycles. The Labute approximate surface area is 207 Å². The number of nitro groups is 1. The summed E-state index contributed by atoms with van der Waals surface area (Å²) < 4.78 is 12.1. The molecule has 0 N–H and O–H groups in total. The maximum atomic E-state index is 13.6. The number of aryl methyl sites for hydroxylation is 1. The van der Waals surface area contributed by atoms with E-state index in [1.165, 1.54) is 30.1 Å². The Morgan fingerprint density at radius 1 is 1.08 bits per heavy atom. The zero-order chi connectivity index (χ0) is 26.0. The molecule has 0 amide bonds. The number of nitrogens with zero attached hydrogens (tertiary/aromatic N) is 4. The first-order valence-corrected chi connectivity index (χ1v) is 11.3. The van der Waals surface area contributed by atoms with Gasteiger partial charge >= 0.3 is 5.69 Å². The second-order valence-corrected chi connectivity index (χ2v) is 8.53. The molecule has 0 saturated carbocycles. The molecular weight excluding hydrogens is 460 g/mol. The van der Waals surface area contributed by atoms with Crippen LogP contribution in [0.1, 0.15) is 36.5 Å². The Morgan fingerprint density at radius 3 is 2.50 bits per heavy atom. The van der Waals surface area contributed by atoms with Crippen molar-refractivity contribution in [1.29, 1.82) is 0 Å². The highest BCUT2D eigenvalue weighted by molar-refractivity contribution is 5.86. The van der Waals surface area contributed by atoms with E-state index in [1.807, 2.05) is 25.1 Å². The van der Waals surface area contributed by atoms with Crippen LogP contribution in [-0.4, -0.2) is 35.0 Å². The number of rotatable bonds is 7. The maximum Gasteiger partial charge on any atom is 0.311 e. The topological polar surface area (TPSA) is 109 Å². The van der Waals surface area contributed by atoms with Crippen molar-refractivity contribution in [2.24, 2.45) is 5.10 Å². The molecule has 4 rings (SSSR count). The molecule has 9 heteroatoms. The van der Waals surface area contributed by atoms with E-state index in [2.05, 4.69) is 18.9 Å². The summed E-state index contributed by atoms with van der Waals surface area (Å²) in [5, 5.41) is 16.3. The second kappa shape index (κ2) is 9.99. The molecule has 0 saturated heterocycles. The van der Waals surface area contributed by atoms with Gasteiger partial charge in [-0.05, 0) is 54.3 Å². The van der Waals surface area contributed by atoms with E-state index in [-0.39, 0.29) is 22.9 Å². The average molecular weight is 487 g/mol. The normalized spacial score (nSPS) is 11.4. The van der Waals surface area contributed by atoms with Crippen LogP contribution in [0, 0.1) is 17.0 Å². The lowest BCUT2D eigenvalue weighted by Gasteiger charge is -2.17. The smallest absolute Gasteiger partial charge is 0.311 e. The van der Waals surface area contributed by atoms with Crippen molar-refractivity contribution < 1.29 is 14.4 Å². The first-order valence-electron chi connectivity index (χ1n) is 11.3. The molecular formula is C27H26N4O5. The van der Waals surface area contributed by atoms with Crippen molar-refractivity contribution in [2.45, 2.75) is 26.7 Å². The summed E-state index contributed by atoms with van der Waals surface area (Å²) in [4.78, 5) is 29.3. The zero-order valence-electron chi connectivity index (χ0n) is 20.7. The van der Waals surface area contributed by atoms with Crippen LogP contribution in [0.25, 0.3) is 22.3 Å². The molecule has 0 fully saturated rings. The fraction of sp³-hybridized carbons (Fsp3) is 0.222. The van der Waals surface area contributed by atoms with Crippen molar-refractivity contribution in [3.8, 4) is 22.9 Å². The third-order valence-corrected chi connectivity index (χ3v) is 5.93. The number of para-hydroxylation sites is 2. The summed E-state index contributed by atoms with van der Waals surface area (Å²) in [5.41, 5.74) is 2.89. The Balaban J connectivity index is 2.00. The number of methoxy groups -OCH3 is 2. The molecule has 9 nitrogen and oxygen atoms in total. The highest BCUT2D eigenvalue weighted by atomic mass is 16.6. The molecule has 1 aromatic heterocycles. The highest BCUT2D eigenvalue weighted by Crippen LogP contribution is 2.34. The SMILES string of the molecule is COc1cc(C)c(-c2nc3ccccc3c(=O)n2N=Cc2cccc([N+](=O)[O-])c2OC)cc1C(C)C. The molecule has 184 valence electrons. The van der Waals surface area contributed by atoms with Gasteiger partial charge in [0.05, 0.1) is 36.3 Å². The first-order chi connectivity index (χ1) is 17.3. The third-order valence-electron chi connectivity index (χ3n) is 5.93. The highest BCUT2D eigenvalue weighted by Gasteiger charge is 2.20. The number of hydrogen-bond donors (Lipinski definition) is 0. The second-order valence-electron chi connectivity index (χ2n) is 8.53. The van der Waals surface area contributed by atoms with Gasteiger partial charge in [0.25, 0.3) is 5.56 Å². The molecule has 4 aromatic rings. The molecule has 0 bridgehead atoms. The largest absolute Gasteiger partial charge is 0.496 e. The van der Waals surface area contributed by atoms with Gasteiger partial charge in [0.1, 0.15) is 5.75 Å². The molecule has 0 spiro atoms. The lowest BCUT2D eigenvalue weighted by Crippen LogP contribution is -2.21. The minimum atomic E-state index is -0.528.